The second kappa shape index (κ2) is 8.44. The Morgan fingerprint density at radius 1 is 1.13 bits per heavy atom. The highest BCUT2D eigenvalue weighted by atomic mass is 16.6. The van der Waals surface area contributed by atoms with E-state index in [1.54, 1.807) is 6.07 Å². The molecule has 0 saturated carbocycles. The van der Waals surface area contributed by atoms with Gasteiger partial charge in [-0.05, 0) is 30.2 Å². The molecule has 0 aliphatic carbocycles. The van der Waals surface area contributed by atoms with E-state index in [1.807, 2.05) is 49.4 Å². The Morgan fingerprint density at radius 2 is 1.87 bits per heavy atom. The number of carbonyl (C=O) groups is 3. The monoisotopic (exact) mass is 409 g/mol. The first-order valence-corrected chi connectivity index (χ1v) is 9.86. The van der Waals surface area contributed by atoms with E-state index in [-0.39, 0.29) is 12.6 Å². The number of fused-ring (bicyclic) bond motifs is 1. The Hall–Kier alpha value is -3.55. The van der Waals surface area contributed by atoms with Crippen LogP contribution in [0.15, 0.2) is 48.5 Å². The lowest BCUT2D eigenvalue weighted by atomic mass is 10.1. The maximum atomic E-state index is 12.6. The zero-order valence-electron chi connectivity index (χ0n) is 16.6. The Labute approximate surface area is 174 Å². The van der Waals surface area contributed by atoms with E-state index in [0.29, 0.717) is 31.1 Å². The fourth-order valence-corrected chi connectivity index (χ4v) is 3.56. The summed E-state index contributed by atoms with van der Waals surface area (Å²) in [5, 5.41) is 5.48. The van der Waals surface area contributed by atoms with Gasteiger partial charge in [0.2, 0.25) is 5.91 Å². The summed E-state index contributed by atoms with van der Waals surface area (Å²) < 4.78 is 11.1. The topological polar surface area (TPSA) is 97.0 Å². The smallest absolute Gasteiger partial charge is 0.325 e. The maximum Gasteiger partial charge on any atom is 0.325 e. The van der Waals surface area contributed by atoms with Gasteiger partial charge in [-0.15, -0.1) is 0 Å². The van der Waals surface area contributed by atoms with Gasteiger partial charge >= 0.3 is 6.03 Å². The molecule has 2 heterocycles. The molecule has 0 radical (unpaired) electrons. The van der Waals surface area contributed by atoms with Crippen LogP contribution in [-0.4, -0.2) is 48.5 Å². The van der Waals surface area contributed by atoms with Gasteiger partial charge in [0.25, 0.3) is 5.91 Å². The minimum atomic E-state index is -0.664. The Morgan fingerprint density at radius 3 is 2.63 bits per heavy atom. The van der Waals surface area contributed by atoms with Crippen LogP contribution < -0.4 is 20.1 Å². The molecule has 0 spiro atoms. The molecule has 0 bridgehead atoms. The second-order valence-corrected chi connectivity index (χ2v) is 7.31. The SMILES string of the molecule is CC(NC(=O)CN1C(=O)NC(Cc2ccccc2)C1=O)c1ccc2c(c1)OCCO2. The first-order valence-electron chi connectivity index (χ1n) is 9.86. The first kappa shape index (κ1) is 19.8. The predicted octanol–water partition coefficient (Wildman–Crippen LogP) is 1.80. The number of hydrogen-bond donors (Lipinski definition) is 2. The number of urea groups is 1. The molecule has 156 valence electrons. The highest BCUT2D eigenvalue weighted by molar-refractivity contribution is 6.06. The van der Waals surface area contributed by atoms with Crippen LogP contribution in [0.2, 0.25) is 0 Å². The third-order valence-electron chi connectivity index (χ3n) is 5.14. The lowest BCUT2D eigenvalue weighted by Crippen LogP contribution is -2.42. The van der Waals surface area contributed by atoms with Gasteiger partial charge < -0.3 is 20.1 Å². The molecule has 8 nitrogen and oxygen atoms in total. The fraction of sp³-hybridized carbons (Fsp3) is 0.318. The van der Waals surface area contributed by atoms with Crippen molar-refractivity contribution in [2.45, 2.75) is 25.4 Å². The van der Waals surface area contributed by atoms with Crippen molar-refractivity contribution in [1.29, 1.82) is 0 Å². The molecule has 1 saturated heterocycles. The second-order valence-electron chi connectivity index (χ2n) is 7.31. The van der Waals surface area contributed by atoms with Crippen molar-refractivity contribution in [1.82, 2.24) is 15.5 Å². The molecular formula is C22H23N3O5. The number of nitrogens with one attached hydrogen (secondary N) is 2. The average Bonchev–Trinajstić information content (AvgIpc) is 3.01. The van der Waals surface area contributed by atoms with Crippen molar-refractivity contribution in [2.75, 3.05) is 19.8 Å². The standard InChI is InChI=1S/C22H23N3O5/c1-14(16-7-8-18-19(12-16)30-10-9-29-18)23-20(26)13-25-21(27)17(24-22(25)28)11-15-5-3-2-4-6-15/h2-8,12,14,17H,9-11,13H2,1H3,(H,23,26)(H,24,28). The molecule has 4 rings (SSSR count). The van der Waals surface area contributed by atoms with Crippen LogP contribution >= 0.6 is 0 Å². The van der Waals surface area contributed by atoms with E-state index >= 15 is 0 Å². The average molecular weight is 409 g/mol. The number of carbonyl (C=O) groups excluding carboxylic acids is 3. The van der Waals surface area contributed by atoms with Gasteiger partial charge in [-0.3, -0.25) is 14.5 Å². The van der Waals surface area contributed by atoms with Crippen molar-refractivity contribution in [2.24, 2.45) is 0 Å². The molecule has 2 N–H and O–H groups in total. The number of rotatable bonds is 6. The highest BCUT2D eigenvalue weighted by Crippen LogP contribution is 2.32. The van der Waals surface area contributed by atoms with Gasteiger partial charge in [-0.25, -0.2) is 4.79 Å². The number of nitrogens with zero attached hydrogens (tertiary/aromatic N) is 1. The zero-order valence-corrected chi connectivity index (χ0v) is 16.6. The molecule has 8 heteroatoms. The fourth-order valence-electron chi connectivity index (χ4n) is 3.56. The van der Waals surface area contributed by atoms with Gasteiger partial charge in [-0.1, -0.05) is 36.4 Å². The minimum Gasteiger partial charge on any atom is -0.486 e. The van der Waals surface area contributed by atoms with Crippen LogP contribution in [0.1, 0.15) is 24.1 Å². The molecule has 2 aromatic rings. The van der Waals surface area contributed by atoms with Gasteiger partial charge in [0, 0.05) is 6.42 Å². The predicted molar refractivity (Wildman–Crippen MR) is 108 cm³/mol. The van der Waals surface area contributed by atoms with E-state index in [9.17, 15) is 14.4 Å². The first-order chi connectivity index (χ1) is 14.5. The van der Waals surface area contributed by atoms with E-state index in [1.165, 1.54) is 0 Å². The van der Waals surface area contributed by atoms with E-state index in [2.05, 4.69) is 10.6 Å². The Bertz CT molecular complexity index is 963. The Balaban J connectivity index is 1.35. The Kier molecular flexibility index (Phi) is 5.56. The summed E-state index contributed by atoms with van der Waals surface area (Å²) in [6, 6.07) is 13.4. The highest BCUT2D eigenvalue weighted by Gasteiger charge is 2.39. The minimum absolute atomic E-state index is 0.325. The number of amides is 4. The number of ether oxygens (including phenoxy) is 2. The summed E-state index contributed by atoms with van der Waals surface area (Å²) in [6.45, 7) is 2.49. The van der Waals surface area contributed by atoms with Gasteiger partial charge in [0.05, 0.1) is 6.04 Å². The molecule has 2 aromatic carbocycles. The molecular weight excluding hydrogens is 386 g/mol. The van der Waals surface area contributed by atoms with Crippen molar-refractivity contribution < 1.29 is 23.9 Å². The number of hydrogen-bond acceptors (Lipinski definition) is 5. The summed E-state index contributed by atoms with van der Waals surface area (Å²) in [7, 11) is 0. The van der Waals surface area contributed by atoms with Crippen LogP contribution in [-0.2, 0) is 16.0 Å². The third kappa shape index (κ3) is 4.22. The summed E-state index contributed by atoms with van der Waals surface area (Å²) in [5.41, 5.74) is 1.78. The van der Waals surface area contributed by atoms with E-state index < -0.39 is 23.9 Å². The lowest BCUT2D eigenvalue weighted by Gasteiger charge is -2.21. The lowest BCUT2D eigenvalue weighted by molar-refractivity contribution is -0.132. The molecule has 30 heavy (non-hydrogen) atoms. The van der Waals surface area contributed by atoms with Crippen LogP contribution in [0.4, 0.5) is 4.79 Å². The molecule has 0 aromatic heterocycles. The molecule has 2 atom stereocenters. The largest absolute Gasteiger partial charge is 0.486 e. The molecule has 4 amide bonds. The van der Waals surface area contributed by atoms with Crippen LogP contribution in [0, 0.1) is 0 Å². The van der Waals surface area contributed by atoms with Crippen molar-refractivity contribution in [3.05, 3.63) is 59.7 Å². The van der Waals surface area contributed by atoms with Crippen molar-refractivity contribution in [3.8, 4) is 11.5 Å². The van der Waals surface area contributed by atoms with Gasteiger partial charge in [0.1, 0.15) is 25.8 Å². The van der Waals surface area contributed by atoms with Gasteiger partial charge in [0.15, 0.2) is 11.5 Å². The molecule has 2 aliphatic heterocycles. The van der Waals surface area contributed by atoms with Crippen molar-refractivity contribution in [3.63, 3.8) is 0 Å². The van der Waals surface area contributed by atoms with Crippen LogP contribution in [0.5, 0.6) is 11.5 Å². The number of benzene rings is 2. The maximum absolute atomic E-state index is 12.6. The number of imide groups is 1. The molecule has 1 fully saturated rings. The van der Waals surface area contributed by atoms with Crippen LogP contribution in [0.3, 0.4) is 0 Å². The van der Waals surface area contributed by atoms with E-state index in [0.717, 1.165) is 16.0 Å². The molecule has 2 unspecified atom stereocenters. The summed E-state index contributed by atoms with van der Waals surface area (Å²) in [4.78, 5) is 38.3. The summed E-state index contributed by atoms with van der Waals surface area (Å²) in [6.07, 6.45) is 0.386. The zero-order chi connectivity index (χ0) is 21.1. The molecule has 2 aliphatic rings. The summed E-state index contributed by atoms with van der Waals surface area (Å²) >= 11 is 0. The quantitative estimate of drug-likeness (QED) is 0.709. The normalized spacial score (nSPS) is 18.7. The summed E-state index contributed by atoms with van der Waals surface area (Å²) in [5.74, 6) is 0.497. The van der Waals surface area contributed by atoms with Crippen molar-refractivity contribution >= 4 is 17.8 Å². The van der Waals surface area contributed by atoms with Gasteiger partial charge in [-0.2, -0.15) is 0 Å². The van der Waals surface area contributed by atoms with E-state index in [4.69, 9.17) is 9.47 Å². The third-order valence-corrected chi connectivity index (χ3v) is 5.14. The van der Waals surface area contributed by atoms with Crippen LogP contribution in [0.25, 0.3) is 0 Å².